The number of methoxy groups -OCH3 is 1. The number of rotatable bonds is 5. The number of amides is 1. The van der Waals surface area contributed by atoms with Crippen LogP contribution in [0.5, 0.6) is 11.5 Å². The topological polar surface area (TPSA) is 69.0 Å². The summed E-state index contributed by atoms with van der Waals surface area (Å²) >= 11 is 9.84. The molecule has 5 rings (SSSR count). The minimum atomic E-state index is -0.750. The summed E-state index contributed by atoms with van der Waals surface area (Å²) in [6.45, 7) is 4.24. The molecule has 1 aromatic heterocycles. The number of ether oxygens (including phenoxy) is 2. The predicted octanol–water partition coefficient (Wildman–Crippen LogP) is 6.67. The van der Waals surface area contributed by atoms with E-state index >= 15 is 0 Å². The molecule has 0 N–H and O–H groups in total. The summed E-state index contributed by atoms with van der Waals surface area (Å²) in [6.07, 6.45) is 0. The Labute approximate surface area is 215 Å². The molecule has 0 spiro atoms. The molecule has 1 aliphatic rings. The van der Waals surface area contributed by atoms with E-state index in [0.717, 1.165) is 10.0 Å². The summed E-state index contributed by atoms with van der Waals surface area (Å²) in [4.78, 5) is 29.1. The SMILES string of the molecule is CCOc1ccc(C2c3c(oc4ccc(Br)cc4c3=O)C(=O)N2c2ccc(C)c(Cl)c2)cc1OC. The predicted molar refractivity (Wildman–Crippen MR) is 139 cm³/mol. The van der Waals surface area contributed by atoms with Gasteiger partial charge < -0.3 is 13.9 Å². The molecule has 4 aromatic rings. The zero-order valence-corrected chi connectivity index (χ0v) is 21.6. The lowest BCUT2D eigenvalue weighted by atomic mass is 9.97. The highest BCUT2D eigenvalue weighted by atomic mass is 79.9. The molecular formula is C27H21BrClNO5. The first-order chi connectivity index (χ1) is 16.8. The van der Waals surface area contributed by atoms with Gasteiger partial charge in [-0.05, 0) is 67.4 Å². The van der Waals surface area contributed by atoms with Crippen LogP contribution in [0.25, 0.3) is 11.0 Å². The molecule has 3 aromatic carbocycles. The minimum absolute atomic E-state index is 0.0133. The van der Waals surface area contributed by atoms with Gasteiger partial charge in [0.15, 0.2) is 16.9 Å². The Kier molecular flexibility index (Phi) is 6.07. The Hall–Kier alpha value is -3.29. The monoisotopic (exact) mass is 553 g/mol. The van der Waals surface area contributed by atoms with Crippen LogP contribution >= 0.6 is 27.5 Å². The number of carbonyl (C=O) groups is 1. The van der Waals surface area contributed by atoms with Gasteiger partial charge in [0.25, 0.3) is 5.91 Å². The molecule has 0 bridgehead atoms. The van der Waals surface area contributed by atoms with Crippen molar-refractivity contribution in [1.29, 1.82) is 0 Å². The lowest BCUT2D eigenvalue weighted by Crippen LogP contribution is -2.29. The van der Waals surface area contributed by atoms with Crippen molar-refractivity contribution in [2.75, 3.05) is 18.6 Å². The number of benzene rings is 3. The van der Waals surface area contributed by atoms with Crippen molar-refractivity contribution in [2.24, 2.45) is 0 Å². The van der Waals surface area contributed by atoms with Gasteiger partial charge in [0.05, 0.1) is 30.7 Å². The van der Waals surface area contributed by atoms with Crippen molar-refractivity contribution in [2.45, 2.75) is 19.9 Å². The van der Waals surface area contributed by atoms with Gasteiger partial charge in [-0.2, -0.15) is 0 Å². The Balaban J connectivity index is 1.79. The molecule has 0 saturated heterocycles. The van der Waals surface area contributed by atoms with E-state index in [-0.39, 0.29) is 16.8 Å². The Morgan fingerprint density at radius 3 is 2.57 bits per heavy atom. The second-order valence-electron chi connectivity index (χ2n) is 8.17. The zero-order valence-electron chi connectivity index (χ0n) is 19.2. The number of aryl methyl sites for hydroxylation is 1. The van der Waals surface area contributed by atoms with Crippen LogP contribution in [0.1, 0.15) is 40.2 Å². The normalized spacial score (nSPS) is 14.9. The van der Waals surface area contributed by atoms with Crippen molar-refractivity contribution in [3.8, 4) is 11.5 Å². The largest absolute Gasteiger partial charge is 0.493 e. The number of nitrogens with zero attached hydrogens (tertiary/aromatic N) is 1. The molecule has 6 nitrogen and oxygen atoms in total. The molecule has 1 amide bonds. The van der Waals surface area contributed by atoms with E-state index in [0.29, 0.717) is 45.3 Å². The molecule has 178 valence electrons. The van der Waals surface area contributed by atoms with Gasteiger partial charge in [-0.3, -0.25) is 14.5 Å². The number of halogens is 2. The van der Waals surface area contributed by atoms with Crippen LogP contribution in [-0.4, -0.2) is 19.6 Å². The maximum Gasteiger partial charge on any atom is 0.295 e. The van der Waals surface area contributed by atoms with Gasteiger partial charge >= 0.3 is 0 Å². The number of fused-ring (bicyclic) bond motifs is 2. The lowest BCUT2D eigenvalue weighted by molar-refractivity contribution is 0.0971. The second-order valence-corrected chi connectivity index (χ2v) is 9.49. The molecule has 35 heavy (non-hydrogen) atoms. The number of anilines is 1. The molecule has 1 aliphatic heterocycles. The van der Waals surface area contributed by atoms with Crippen molar-refractivity contribution in [3.05, 3.63) is 96.8 Å². The van der Waals surface area contributed by atoms with Crippen molar-refractivity contribution in [3.63, 3.8) is 0 Å². The average molecular weight is 555 g/mol. The standard InChI is InChI=1S/C27H21BrClNO5/c1-4-34-21-9-6-15(11-22(21)33-3)24-23-25(31)18-12-16(28)7-10-20(18)35-26(23)27(32)30(24)17-8-5-14(2)19(29)13-17/h5-13,24H,4H2,1-3H3. The van der Waals surface area contributed by atoms with Gasteiger partial charge in [0, 0.05) is 15.2 Å². The molecule has 8 heteroatoms. The van der Waals surface area contributed by atoms with Gasteiger partial charge in [0.1, 0.15) is 5.58 Å². The zero-order chi connectivity index (χ0) is 24.9. The summed E-state index contributed by atoms with van der Waals surface area (Å²) in [6, 6.07) is 15.2. The van der Waals surface area contributed by atoms with Crippen molar-refractivity contribution in [1.82, 2.24) is 0 Å². The Bertz CT molecular complexity index is 1550. The highest BCUT2D eigenvalue weighted by Crippen LogP contribution is 2.44. The van der Waals surface area contributed by atoms with E-state index in [4.69, 9.17) is 25.5 Å². The number of carbonyl (C=O) groups excluding carboxylic acids is 1. The lowest BCUT2D eigenvalue weighted by Gasteiger charge is -2.26. The first kappa shape index (κ1) is 23.5. The summed E-state index contributed by atoms with van der Waals surface area (Å²) < 4.78 is 18.0. The molecule has 0 aliphatic carbocycles. The molecular weight excluding hydrogens is 534 g/mol. The fourth-order valence-corrected chi connectivity index (χ4v) is 4.92. The van der Waals surface area contributed by atoms with E-state index in [2.05, 4.69) is 15.9 Å². The third kappa shape index (κ3) is 3.89. The molecule has 0 saturated carbocycles. The molecule has 2 heterocycles. The minimum Gasteiger partial charge on any atom is -0.493 e. The second kappa shape index (κ2) is 9.06. The van der Waals surface area contributed by atoms with Crippen LogP contribution in [0.4, 0.5) is 5.69 Å². The third-order valence-electron chi connectivity index (χ3n) is 6.07. The van der Waals surface area contributed by atoms with Crippen LogP contribution in [0, 0.1) is 6.92 Å². The molecule has 1 unspecified atom stereocenters. The Morgan fingerprint density at radius 1 is 1.06 bits per heavy atom. The smallest absolute Gasteiger partial charge is 0.295 e. The van der Waals surface area contributed by atoms with Gasteiger partial charge in [-0.1, -0.05) is 39.7 Å². The summed E-state index contributed by atoms with van der Waals surface area (Å²) in [5.41, 5.74) is 2.45. The van der Waals surface area contributed by atoms with Crippen LogP contribution in [0.3, 0.4) is 0 Å². The summed E-state index contributed by atoms with van der Waals surface area (Å²) in [7, 11) is 1.55. The van der Waals surface area contributed by atoms with E-state index in [1.165, 1.54) is 0 Å². The van der Waals surface area contributed by atoms with Gasteiger partial charge in [-0.25, -0.2) is 0 Å². The Morgan fingerprint density at radius 2 is 1.86 bits per heavy atom. The fourth-order valence-electron chi connectivity index (χ4n) is 4.39. The molecule has 1 atom stereocenters. The first-order valence-electron chi connectivity index (χ1n) is 11.0. The third-order valence-corrected chi connectivity index (χ3v) is 6.97. The van der Waals surface area contributed by atoms with E-state index in [9.17, 15) is 9.59 Å². The van der Waals surface area contributed by atoms with Gasteiger partial charge in [0.2, 0.25) is 5.76 Å². The highest BCUT2D eigenvalue weighted by Gasteiger charge is 2.44. The van der Waals surface area contributed by atoms with Gasteiger partial charge in [-0.15, -0.1) is 0 Å². The van der Waals surface area contributed by atoms with Crippen molar-refractivity contribution < 1.29 is 18.7 Å². The van der Waals surface area contributed by atoms with Crippen LogP contribution in [0.2, 0.25) is 5.02 Å². The quantitative estimate of drug-likeness (QED) is 0.275. The maximum atomic E-state index is 13.8. The first-order valence-corrected chi connectivity index (χ1v) is 12.2. The van der Waals surface area contributed by atoms with Crippen LogP contribution in [-0.2, 0) is 0 Å². The highest BCUT2D eigenvalue weighted by molar-refractivity contribution is 9.10. The molecule has 0 radical (unpaired) electrons. The average Bonchev–Trinajstić information content (AvgIpc) is 3.14. The molecule has 0 fully saturated rings. The summed E-state index contributed by atoms with van der Waals surface area (Å²) in [5.74, 6) is 0.668. The fraction of sp³-hybridized carbons (Fsp3) is 0.185. The number of hydrogen-bond acceptors (Lipinski definition) is 5. The van der Waals surface area contributed by atoms with Crippen LogP contribution in [0.15, 0.2) is 68.3 Å². The van der Waals surface area contributed by atoms with Crippen LogP contribution < -0.4 is 19.8 Å². The maximum absolute atomic E-state index is 13.8. The number of hydrogen-bond donors (Lipinski definition) is 0. The van der Waals surface area contributed by atoms with E-state index < -0.39 is 11.9 Å². The van der Waals surface area contributed by atoms with Crippen molar-refractivity contribution >= 4 is 50.1 Å². The van der Waals surface area contributed by atoms with E-state index in [1.807, 2.05) is 32.0 Å². The van der Waals surface area contributed by atoms with E-state index in [1.54, 1.807) is 48.4 Å². The summed E-state index contributed by atoms with van der Waals surface area (Å²) in [5, 5.41) is 0.903.